The number of rotatable bonds is 4. The Balaban J connectivity index is 1.90. The largest absolute Gasteiger partial charge is 0.367 e. The van der Waals surface area contributed by atoms with Crippen molar-refractivity contribution in [3.63, 3.8) is 0 Å². The highest BCUT2D eigenvalue weighted by Gasteiger charge is 2.14. The second kappa shape index (κ2) is 5.16. The molecule has 0 aromatic carbocycles. The third kappa shape index (κ3) is 2.46. The Bertz CT molecular complexity index is 757. The molecule has 3 heterocycles. The van der Waals surface area contributed by atoms with Gasteiger partial charge in [-0.3, -0.25) is 4.68 Å². The first-order valence-corrected chi connectivity index (χ1v) is 6.95. The summed E-state index contributed by atoms with van der Waals surface area (Å²) < 4.78 is 3.86. The molecular formula is C14H19N7. The van der Waals surface area contributed by atoms with Crippen LogP contribution in [-0.2, 0) is 7.05 Å². The first kappa shape index (κ1) is 13.5. The number of imidazole rings is 1. The molecule has 3 aromatic heterocycles. The summed E-state index contributed by atoms with van der Waals surface area (Å²) in [6.45, 7) is 6.77. The summed E-state index contributed by atoms with van der Waals surface area (Å²) in [5.74, 6) is 1.58. The van der Waals surface area contributed by atoms with Crippen molar-refractivity contribution in [1.82, 2.24) is 29.3 Å². The van der Waals surface area contributed by atoms with Crippen LogP contribution >= 0.6 is 0 Å². The van der Waals surface area contributed by atoms with Gasteiger partial charge >= 0.3 is 0 Å². The van der Waals surface area contributed by atoms with Crippen LogP contribution in [0.1, 0.15) is 24.5 Å². The zero-order valence-corrected chi connectivity index (χ0v) is 12.7. The van der Waals surface area contributed by atoms with Crippen LogP contribution in [-0.4, -0.2) is 35.8 Å². The molecule has 0 spiro atoms. The number of anilines is 1. The van der Waals surface area contributed by atoms with Gasteiger partial charge in [0.15, 0.2) is 5.65 Å². The minimum Gasteiger partial charge on any atom is -0.367 e. The maximum absolute atomic E-state index is 4.53. The van der Waals surface area contributed by atoms with Gasteiger partial charge in [-0.1, -0.05) is 0 Å². The molecule has 7 nitrogen and oxygen atoms in total. The number of aryl methyl sites for hydroxylation is 3. The molecule has 21 heavy (non-hydrogen) atoms. The van der Waals surface area contributed by atoms with Gasteiger partial charge in [-0.15, -0.1) is 0 Å². The van der Waals surface area contributed by atoms with Crippen molar-refractivity contribution >= 4 is 16.9 Å². The maximum Gasteiger partial charge on any atom is 0.163 e. The molecule has 1 atom stereocenters. The monoisotopic (exact) mass is 285 g/mol. The number of nitrogens with one attached hydrogen (secondary N) is 1. The smallest absolute Gasteiger partial charge is 0.163 e. The van der Waals surface area contributed by atoms with Gasteiger partial charge in [0.25, 0.3) is 0 Å². The van der Waals surface area contributed by atoms with Gasteiger partial charge in [-0.25, -0.2) is 15.0 Å². The Morgan fingerprint density at radius 2 is 2.10 bits per heavy atom. The molecule has 110 valence electrons. The molecule has 0 aliphatic carbocycles. The van der Waals surface area contributed by atoms with Gasteiger partial charge in [-0.2, -0.15) is 5.10 Å². The van der Waals surface area contributed by atoms with Crippen molar-refractivity contribution in [1.29, 1.82) is 0 Å². The van der Waals surface area contributed by atoms with E-state index >= 15 is 0 Å². The van der Waals surface area contributed by atoms with E-state index in [1.165, 1.54) is 0 Å². The van der Waals surface area contributed by atoms with Gasteiger partial charge in [0, 0.05) is 32.0 Å². The van der Waals surface area contributed by atoms with Gasteiger partial charge in [0.1, 0.15) is 11.6 Å². The van der Waals surface area contributed by atoms with E-state index in [2.05, 4.69) is 36.9 Å². The van der Waals surface area contributed by atoms with E-state index in [1.807, 2.05) is 33.4 Å². The van der Waals surface area contributed by atoms with E-state index in [9.17, 15) is 0 Å². The quantitative estimate of drug-likeness (QED) is 0.792. The molecule has 0 radical (unpaired) electrons. The number of aromatic nitrogens is 6. The molecule has 3 rings (SSSR count). The highest BCUT2D eigenvalue weighted by atomic mass is 15.3. The van der Waals surface area contributed by atoms with Crippen LogP contribution in [0.15, 0.2) is 18.7 Å². The molecular weight excluding hydrogens is 266 g/mol. The predicted molar refractivity (Wildman–Crippen MR) is 81.2 cm³/mol. The van der Waals surface area contributed by atoms with Crippen LogP contribution in [0.5, 0.6) is 0 Å². The maximum atomic E-state index is 4.53. The van der Waals surface area contributed by atoms with Crippen LogP contribution in [0.2, 0.25) is 0 Å². The standard InChI is InChI=1S/C14H19N7/c1-9(21-6-5-15-8-21)7-16-13-12-10(2)19-20(4)14(12)18-11(3)17-13/h5-6,8-9H,7H2,1-4H3,(H,16,17,18)/t9-/m0/s1. The number of hydrogen-bond donors (Lipinski definition) is 1. The molecule has 0 fully saturated rings. The van der Waals surface area contributed by atoms with Crippen LogP contribution in [0.4, 0.5) is 5.82 Å². The zero-order valence-electron chi connectivity index (χ0n) is 12.7. The van der Waals surface area contributed by atoms with Gasteiger partial charge in [-0.05, 0) is 20.8 Å². The summed E-state index contributed by atoms with van der Waals surface area (Å²) in [4.78, 5) is 13.1. The average Bonchev–Trinajstić information content (AvgIpc) is 3.05. The van der Waals surface area contributed by atoms with E-state index in [0.29, 0.717) is 0 Å². The van der Waals surface area contributed by atoms with Gasteiger partial charge in [0.05, 0.1) is 17.4 Å². The van der Waals surface area contributed by atoms with Crippen LogP contribution in [0.3, 0.4) is 0 Å². The first-order valence-electron chi connectivity index (χ1n) is 6.95. The first-order chi connectivity index (χ1) is 10.1. The fraction of sp³-hybridized carbons (Fsp3) is 0.429. The Morgan fingerprint density at radius 3 is 2.81 bits per heavy atom. The highest BCUT2D eigenvalue weighted by molar-refractivity contribution is 5.89. The molecule has 0 unspecified atom stereocenters. The van der Waals surface area contributed by atoms with Gasteiger partial charge < -0.3 is 9.88 Å². The van der Waals surface area contributed by atoms with E-state index < -0.39 is 0 Å². The Labute approximate surface area is 123 Å². The summed E-state index contributed by atoms with van der Waals surface area (Å²) in [5.41, 5.74) is 1.79. The Hall–Kier alpha value is -2.44. The van der Waals surface area contributed by atoms with Crippen molar-refractivity contribution < 1.29 is 0 Å². The normalized spacial score (nSPS) is 12.8. The van der Waals surface area contributed by atoms with Crippen molar-refractivity contribution in [3.8, 4) is 0 Å². The minimum atomic E-state index is 0.287. The molecule has 1 N–H and O–H groups in total. The lowest BCUT2D eigenvalue weighted by atomic mass is 10.2. The summed E-state index contributed by atoms with van der Waals surface area (Å²) in [6.07, 6.45) is 5.57. The second-order valence-electron chi connectivity index (χ2n) is 5.27. The summed E-state index contributed by atoms with van der Waals surface area (Å²) in [7, 11) is 1.90. The zero-order chi connectivity index (χ0) is 15.0. The summed E-state index contributed by atoms with van der Waals surface area (Å²) in [5, 5.41) is 8.83. The lowest BCUT2D eigenvalue weighted by molar-refractivity contribution is 0.572. The summed E-state index contributed by atoms with van der Waals surface area (Å²) >= 11 is 0. The molecule has 0 amide bonds. The van der Waals surface area contributed by atoms with E-state index in [1.54, 1.807) is 10.9 Å². The predicted octanol–water partition coefficient (Wildman–Crippen LogP) is 1.85. The molecule has 0 aliphatic heterocycles. The van der Waals surface area contributed by atoms with E-state index in [0.717, 1.165) is 34.9 Å². The fourth-order valence-corrected chi connectivity index (χ4v) is 2.46. The highest BCUT2D eigenvalue weighted by Crippen LogP contribution is 2.23. The van der Waals surface area contributed by atoms with Crippen molar-refractivity contribution in [2.24, 2.45) is 7.05 Å². The molecule has 7 heteroatoms. The lowest BCUT2D eigenvalue weighted by Gasteiger charge is -2.15. The summed E-state index contributed by atoms with van der Waals surface area (Å²) in [6, 6.07) is 0.287. The number of fused-ring (bicyclic) bond motifs is 1. The van der Waals surface area contributed by atoms with Gasteiger partial charge in [0.2, 0.25) is 0 Å². The van der Waals surface area contributed by atoms with Crippen LogP contribution < -0.4 is 5.32 Å². The van der Waals surface area contributed by atoms with E-state index in [-0.39, 0.29) is 6.04 Å². The molecule has 0 aliphatic rings. The number of hydrogen-bond acceptors (Lipinski definition) is 5. The SMILES string of the molecule is Cc1nc(NC[C@H](C)n2ccnc2)c2c(C)nn(C)c2n1. The fourth-order valence-electron chi connectivity index (χ4n) is 2.46. The van der Waals surface area contributed by atoms with Crippen molar-refractivity contribution in [2.75, 3.05) is 11.9 Å². The molecule has 0 saturated carbocycles. The lowest BCUT2D eigenvalue weighted by Crippen LogP contribution is -2.16. The topological polar surface area (TPSA) is 73.5 Å². The Morgan fingerprint density at radius 1 is 1.29 bits per heavy atom. The van der Waals surface area contributed by atoms with Crippen LogP contribution in [0.25, 0.3) is 11.0 Å². The van der Waals surface area contributed by atoms with Crippen molar-refractivity contribution in [2.45, 2.75) is 26.8 Å². The number of nitrogens with zero attached hydrogens (tertiary/aromatic N) is 6. The molecule has 3 aromatic rings. The average molecular weight is 285 g/mol. The molecule has 0 saturated heterocycles. The second-order valence-corrected chi connectivity index (χ2v) is 5.27. The third-order valence-electron chi connectivity index (χ3n) is 3.57. The third-order valence-corrected chi connectivity index (χ3v) is 3.57. The molecule has 0 bridgehead atoms. The van der Waals surface area contributed by atoms with Crippen LogP contribution in [0, 0.1) is 13.8 Å². The minimum absolute atomic E-state index is 0.287. The Kier molecular flexibility index (Phi) is 3.32. The van der Waals surface area contributed by atoms with Crippen molar-refractivity contribution in [3.05, 3.63) is 30.2 Å². The van der Waals surface area contributed by atoms with E-state index in [4.69, 9.17) is 0 Å².